The summed E-state index contributed by atoms with van der Waals surface area (Å²) in [5.74, 6) is 1.57. The third-order valence-electron chi connectivity index (χ3n) is 3.90. The van der Waals surface area contributed by atoms with Crippen molar-refractivity contribution in [3.63, 3.8) is 0 Å². The van der Waals surface area contributed by atoms with Crippen LogP contribution in [0.1, 0.15) is 43.0 Å². The van der Waals surface area contributed by atoms with Crippen molar-refractivity contribution in [2.24, 2.45) is 0 Å². The summed E-state index contributed by atoms with van der Waals surface area (Å²) in [5.41, 5.74) is 3.23. The molecule has 1 saturated carbocycles. The van der Waals surface area contributed by atoms with Crippen LogP contribution in [0.2, 0.25) is 0 Å². The van der Waals surface area contributed by atoms with Gasteiger partial charge in [-0.15, -0.1) is 0 Å². The summed E-state index contributed by atoms with van der Waals surface area (Å²) in [6, 6.07) is 6.16. The van der Waals surface area contributed by atoms with E-state index in [4.69, 9.17) is 0 Å². The second-order valence-corrected chi connectivity index (χ2v) is 5.18. The molecule has 1 aliphatic rings. The molecule has 0 amide bonds. The van der Waals surface area contributed by atoms with Crippen LogP contribution in [0.15, 0.2) is 18.2 Å². The summed E-state index contributed by atoms with van der Waals surface area (Å²) in [6.45, 7) is 0. The molecule has 0 spiro atoms. The van der Waals surface area contributed by atoms with Gasteiger partial charge in [0.2, 0.25) is 0 Å². The number of methoxy groups -OCH3 is 1. The fourth-order valence-electron chi connectivity index (χ4n) is 2.46. The van der Waals surface area contributed by atoms with Crippen LogP contribution in [-0.4, -0.2) is 23.0 Å². The van der Waals surface area contributed by atoms with E-state index in [9.17, 15) is 4.79 Å². The molecule has 1 fully saturated rings. The number of carbonyl (C=O) groups excluding carboxylic acids is 1. The Kier molecular flexibility index (Phi) is 3.23. The number of hydrogen-bond donors (Lipinski definition) is 1. The van der Waals surface area contributed by atoms with Gasteiger partial charge < -0.3 is 9.72 Å². The number of rotatable bonds is 4. The normalized spacial score (nSPS) is 15.4. The highest BCUT2D eigenvalue weighted by Gasteiger charge is 2.22. The van der Waals surface area contributed by atoms with E-state index in [1.165, 1.54) is 26.4 Å². The molecule has 4 nitrogen and oxygen atoms in total. The smallest absolute Gasteiger partial charge is 0.305 e. The standard InChI is InChI=1S/C15H18N2O2/c1-19-14(18)8-6-10-5-7-12-13(9-10)17-15(16-12)11-3-2-4-11/h5,7,9,11H,2-4,6,8H2,1H3,(H,16,17). The second kappa shape index (κ2) is 5.03. The number of fused-ring (bicyclic) bond motifs is 1. The first-order valence-electron chi connectivity index (χ1n) is 6.81. The number of esters is 1. The van der Waals surface area contributed by atoms with Crippen molar-refractivity contribution in [1.29, 1.82) is 0 Å². The Morgan fingerprint density at radius 1 is 1.47 bits per heavy atom. The number of aromatic nitrogens is 2. The van der Waals surface area contributed by atoms with E-state index >= 15 is 0 Å². The van der Waals surface area contributed by atoms with Gasteiger partial charge in [0.05, 0.1) is 18.1 Å². The van der Waals surface area contributed by atoms with E-state index in [0.717, 1.165) is 22.4 Å². The largest absolute Gasteiger partial charge is 0.469 e. The van der Waals surface area contributed by atoms with Gasteiger partial charge in [-0.25, -0.2) is 4.98 Å². The molecule has 4 heteroatoms. The molecule has 1 heterocycles. The van der Waals surface area contributed by atoms with Crippen LogP contribution in [0, 0.1) is 0 Å². The van der Waals surface area contributed by atoms with E-state index < -0.39 is 0 Å². The number of nitrogens with zero attached hydrogens (tertiary/aromatic N) is 1. The first-order chi connectivity index (χ1) is 9.26. The van der Waals surface area contributed by atoms with Gasteiger partial charge in [0.15, 0.2) is 0 Å². The zero-order valence-electron chi connectivity index (χ0n) is 11.1. The van der Waals surface area contributed by atoms with Gasteiger partial charge in [-0.05, 0) is 37.0 Å². The molecule has 1 aliphatic carbocycles. The molecule has 0 radical (unpaired) electrons. The summed E-state index contributed by atoms with van der Waals surface area (Å²) >= 11 is 0. The van der Waals surface area contributed by atoms with Crippen LogP contribution >= 0.6 is 0 Å². The average Bonchev–Trinajstić information content (AvgIpc) is 2.75. The van der Waals surface area contributed by atoms with Gasteiger partial charge in [-0.1, -0.05) is 12.5 Å². The lowest BCUT2D eigenvalue weighted by Crippen LogP contribution is -2.10. The molecule has 0 saturated heterocycles. The van der Waals surface area contributed by atoms with Gasteiger partial charge in [0.25, 0.3) is 0 Å². The van der Waals surface area contributed by atoms with Crippen LogP contribution in [0.25, 0.3) is 11.0 Å². The molecular weight excluding hydrogens is 240 g/mol. The minimum Gasteiger partial charge on any atom is -0.469 e. The molecule has 1 N–H and O–H groups in total. The van der Waals surface area contributed by atoms with E-state index in [-0.39, 0.29) is 5.97 Å². The minimum atomic E-state index is -0.167. The third kappa shape index (κ3) is 2.48. The monoisotopic (exact) mass is 258 g/mol. The van der Waals surface area contributed by atoms with E-state index in [0.29, 0.717) is 18.8 Å². The van der Waals surface area contributed by atoms with Crippen LogP contribution in [0.4, 0.5) is 0 Å². The lowest BCUT2D eigenvalue weighted by molar-refractivity contribution is -0.140. The molecule has 0 bridgehead atoms. The lowest BCUT2D eigenvalue weighted by atomic mass is 9.85. The Hall–Kier alpha value is -1.84. The van der Waals surface area contributed by atoms with Crippen molar-refractivity contribution in [3.8, 4) is 0 Å². The second-order valence-electron chi connectivity index (χ2n) is 5.18. The summed E-state index contributed by atoms with van der Waals surface area (Å²) < 4.78 is 4.66. The molecule has 0 aliphatic heterocycles. The Balaban J connectivity index is 1.78. The number of benzene rings is 1. The number of H-pyrrole nitrogens is 1. The highest BCUT2D eigenvalue weighted by atomic mass is 16.5. The zero-order chi connectivity index (χ0) is 13.2. The zero-order valence-corrected chi connectivity index (χ0v) is 11.1. The summed E-state index contributed by atoms with van der Waals surface area (Å²) in [6.07, 6.45) is 4.93. The highest BCUT2D eigenvalue weighted by Crippen LogP contribution is 2.35. The number of aromatic amines is 1. The van der Waals surface area contributed by atoms with E-state index in [2.05, 4.69) is 20.8 Å². The topological polar surface area (TPSA) is 55.0 Å². The average molecular weight is 258 g/mol. The van der Waals surface area contributed by atoms with Gasteiger partial charge in [0.1, 0.15) is 5.82 Å². The number of nitrogens with one attached hydrogen (secondary N) is 1. The number of aryl methyl sites for hydroxylation is 1. The molecule has 1 aromatic heterocycles. The van der Waals surface area contributed by atoms with Crippen LogP contribution in [0.3, 0.4) is 0 Å². The maximum Gasteiger partial charge on any atom is 0.305 e. The number of ether oxygens (including phenoxy) is 1. The predicted molar refractivity (Wildman–Crippen MR) is 73.0 cm³/mol. The number of carbonyl (C=O) groups is 1. The van der Waals surface area contributed by atoms with Crippen molar-refractivity contribution < 1.29 is 9.53 Å². The van der Waals surface area contributed by atoms with E-state index in [1.54, 1.807) is 0 Å². The van der Waals surface area contributed by atoms with E-state index in [1.807, 2.05) is 12.1 Å². The predicted octanol–water partition coefficient (Wildman–Crippen LogP) is 2.94. The van der Waals surface area contributed by atoms with Crippen LogP contribution in [0.5, 0.6) is 0 Å². The highest BCUT2D eigenvalue weighted by molar-refractivity contribution is 5.76. The quantitative estimate of drug-likeness (QED) is 0.858. The molecule has 1 aromatic carbocycles. The lowest BCUT2D eigenvalue weighted by Gasteiger charge is -2.22. The van der Waals surface area contributed by atoms with Gasteiger partial charge in [-0.3, -0.25) is 4.79 Å². The van der Waals surface area contributed by atoms with Crippen LogP contribution in [-0.2, 0) is 16.0 Å². The molecule has 19 heavy (non-hydrogen) atoms. The van der Waals surface area contributed by atoms with Crippen molar-refractivity contribution in [3.05, 3.63) is 29.6 Å². The molecule has 2 aromatic rings. The summed E-state index contributed by atoms with van der Waals surface area (Å²) in [7, 11) is 1.42. The fourth-order valence-corrected chi connectivity index (χ4v) is 2.46. The fraction of sp³-hybridized carbons (Fsp3) is 0.467. The van der Waals surface area contributed by atoms with Crippen molar-refractivity contribution in [1.82, 2.24) is 9.97 Å². The molecule has 3 rings (SSSR count). The molecular formula is C15H18N2O2. The molecule has 100 valence electrons. The minimum absolute atomic E-state index is 0.167. The number of imidazole rings is 1. The maximum absolute atomic E-state index is 11.1. The Morgan fingerprint density at radius 2 is 2.32 bits per heavy atom. The van der Waals surface area contributed by atoms with Gasteiger partial charge in [0, 0.05) is 12.3 Å². The third-order valence-corrected chi connectivity index (χ3v) is 3.90. The van der Waals surface area contributed by atoms with Gasteiger partial charge in [-0.2, -0.15) is 0 Å². The van der Waals surface area contributed by atoms with Crippen molar-refractivity contribution in [2.75, 3.05) is 7.11 Å². The Morgan fingerprint density at radius 3 is 3.00 bits per heavy atom. The Bertz CT molecular complexity index is 599. The first kappa shape index (κ1) is 12.2. The van der Waals surface area contributed by atoms with Crippen molar-refractivity contribution >= 4 is 17.0 Å². The number of hydrogen-bond acceptors (Lipinski definition) is 3. The molecule has 0 atom stereocenters. The summed E-state index contributed by atoms with van der Waals surface area (Å²) in [5, 5.41) is 0. The Labute approximate surface area is 112 Å². The van der Waals surface area contributed by atoms with Gasteiger partial charge >= 0.3 is 5.97 Å². The van der Waals surface area contributed by atoms with Crippen LogP contribution < -0.4 is 0 Å². The summed E-state index contributed by atoms with van der Waals surface area (Å²) in [4.78, 5) is 19.2. The molecule has 0 unspecified atom stereocenters. The van der Waals surface area contributed by atoms with Crippen molar-refractivity contribution in [2.45, 2.75) is 38.0 Å². The SMILES string of the molecule is COC(=O)CCc1ccc2nc(C3CCC3)[nH]c2c1. The first-order valence-corrected chi connectivity index (χ1v) is 6.81. The maximum atomic E-state index is 11.1.